The number of fused-ring (bicyclic) bond motifs is 5. The van der Waals surface area contributed by atoms with E-state index in [1.54, 1.807) is 5.56 Å². The summed E-state index contributed by atoms with van der Waals surface area (Å²) in [7, 11) is 0. The van der Waals surface area contributed by atoms with Crippen LogP contribution in [0.4, 0.5) is 0 Å². The first-order valence-corrected chi connectivity index (χ1v) is 7.20. The molecule has 2 atom stereocenters. The number of nitrogens with zero attached hydrogens (tertiary/aromatic N) is 1. The first-order valence-electron chi connectivity index (χ1n) is 7.20. The first kappa shape index (κ1) is 10.6. The molecule has 2 aliphatic carbocycles. The summed E-state index contributed by atoms with van der Waals surface area (Å²) in [6, 6.07) is 8.86. The van der Waals surface area contributed by atoms with Crippen molar-refractivity contribution in [2.75, 3.05) is 13.1 Å². The second-order valence-corrected chi connectivity index (χ2v) is 6.11. The van der Waals surface area contributed by atoms with E-state index in [9.17, 15) is 4.79 Å². The lowest BCUT2D eigenvalue weighted by atomic mass is 9.97. The molecule has 0 radical (unpaired) electrons. The van der Waals surface area contributed by atoms with Crippen LogP contribution in [0.15, 0.2) is 24.3 Å². The molecule has 4 rings (SSSR count). The minimum Gasteiger partial charge on any atom is -0.342 e. The van der Waals surface area contributed by atoms with Gasteiger partial charge in [-0.25, -0.2) is 0 Å². The van der Waals surface area contributed by atoms with Crippen molar-refractivity contribution in [2.45, 2.75) is 37.5 Å². The molecule has 0 spiro atoms. The Kier molecular flexibility index (Phi) is 2.26. The SMILES string of the molecule is O=C(C1CC1)N1CCC2CC(C1)c1ccccc12. The zero-order valence-electron chi connectivity index (χ0n) is 10.6. The van der Waals surface area contributed by atoms with Crippen molar-refractivity contribution in [3.05, 3.63) is 35.4 Å². The lowest BCUT2D eigenvalue weighted by Gasteiger charge is -2.26. The van der Waals surface area contributed by atoms with Gasteiger partial charge in [0.15, 0.2) is 0 Å². The average molecular weight is 241 g/mol. The summed E-state index contributed by atoms with van der Waals surface area (Å²) in [5.41, 5.74) is 3.07. The van der Waals surface area contributed by atoms with Gasteiger partial charge in [-0.3, -0.25) is 4.79 Å². The third kappa shape index (κ3) is 1.58. The molecule has 2 fully saturated rings. The number of likely N-dealkylation sites (tertiary alicyclic amines) is 1. The molecule has 1 heterocycles. The van der Waals surface area contributed by atoms with Crippen LogP contribution in [0.1, 0.15) is 48.6 Å². The highest BCUT2D eigenvalue weighted by atomic mass is 16.2. The molecule has 1 aliphatic heterocycles. The van der Waals surface area contributed by atoms with Crippen LogP contribution in [0.3, 0.4) is 0 Å². The molecule has 2 bridgehead atoms. The van der Waals surface area contributed by atoms with E-state index < -0.39 is 0 Å². The van der Waals surface area contributed by atoms with Gasteiger partial charge in [0.05, 0.1) is 0 Å². The van der Waals surface area contributed by atoms with Crippen molar-refractivity contribution >= 4 is 5.91 Å². The second kappa shape index (κ2) is 3.84. The maximum atomic E-state index is 12.2. The summed E-state index contributed by atoms with van der Waals surface area (Å²) in [5, 5.41) is 0. The van der Waals surface area contributed by atoms with Gasteiger partial charge in [-0.2, -0.15) is 0 Å². The predicted octanol–water partition coefficient (Wildman–Crippen LogP) is 2.90. The predicted molar refractivity (Wildman–Crippen MR) is 70.5 cm³/mol. The molecule has 3 aliphatic rings. The summed E-state index contributed by atoms with van der Waals surface area (Å²) in [6.45, 7) is 1.94. The zero-order valence-corrected chi connectivity index (χ0v) is 10.6. The number of hydrogen-bond donors (Lipinski definition) is 0. The topological polar surface area (TPSA) is 20.3 Å². The largest absolute Gasteiger partial charge is 0.342 e. The normalized spacial score (nSPS) is 29.9. The van der Waals surface area contributed by atoms with E-state index in [0.717, 1.165) is 32.4 Å². The van der Waals surface area contributed by atoms with E-state index in [1.165, 1.54) is 12.0 Å². The number of carbonyl (C=O) groups is 1. The molecule has 1 amide bonds. The summed E-state index contributed by atoms with van der Waals surface area (Å²) in [6.07, 6.45) is 4.67. The summed E-state index contributed by atoms with van der Waals surface area (Å²) in [5.74, 6) is 2.09. The maximum Gasteiger partial charge on any atom is 0.225 e. The minimum absolute atomic E-state index is 0.372. The van der Waals surface area contributed by atoms with Crippen LogP contribution in [0.5, 0.6) is 0 Å². The van der Waals surface area contributed by atoms with Crippen LogP contribution in [-0.4, -0.2) is 23.9 Å². The Labute approximate surface area is 108 Å². The van der Waals surface area contributed by atoms with Crippen LogP contribution in [0.25, 0.3) is 0 Å². The molecule has 2 nitrogen and oxygen atoms in total. The Hall–Kier alpha value is -1.31. The van der Waals surface area contributed by atoms with Crippen molar-refractivity contribution in [3.63, 3.8) is 0 Å². The molecule has 0 aromatic heterocycles. The third-order valence-electron chi connectivity index (χ3n) is 4.87. The quantitative estimate of drug-likeness (QED) is 0.740. The fourth-order valence-electron chi connectivity index (χ4n) is 3.76. The first-order chi connectivity index (χ1) is 8.83. The molecular formula is C16H19NO. The number of rotatable bonds is 1. The lowest BCUT2D eigenvalue weighted by Crippen LogP contribution is -2.35. The molecule has 0 N–H and O–H groups in total. The van der Waals surface area contributed by atoms with Crippen LogP contribution >= 0.6 is 0 Å². The standard InChI is InChI=1S/C16H19NO/c18-16(11-5-6-11)17-8-7-12-9-13(10-17)15-4-2-1-3-14(12)15/h1-4,11-13H,5-10H2. The highest BCUT2D eigenvalue weighted by molar-refractivity contribution is 5.81. The molecule has 1 saturated heterocycles. The molecule has 1 aromatic carbocycles. The van der Waals surface area contributed by atoms with Crippen molar-refractivity contribution < 1.29 is 4.79 Å². The molecule has 94 valence electrons. The Morgan fingerprint density at radius 2 is 1.78 bits per heavy atom. The van der Waals surface area contributed by atoms with E-state index in [2.05, 4.69) is 29.2 Å². The Morgan fingerprint density at radius 3 is 2.50 bits per heavy atom. The van der Waals surface area contributed by atoms with Gasteiger partial charge in [-0.15, -0.1) is 0 Å². The Morgan fingerprint density at radius 1 is 1.06 bits per heavy atom. The Balaban J connectivity index is 1.62. The average Bonchev–Trinajstić information content (AvgIpc) is 3.19. The van der Waals surface area contributed by atoms with Gasteiger partial charge in [-0.05, 0) is 42.7 Å². The Bertz CT molecular complexity index is 492. The van der Waals surface area contributed by atoms with Crippen LogP contribution < -0.4 is 0 Å². The van der Waals surface area contributed by atoms with E-state index in [4.69, 9.17) is 0 Å². The van der Waals surface area contributed by atoms with Gasteiger partial charge in [0.2, 0.25) is 5.91 Å². The van der Waals surface area contributed by atoms with E-state index >= 15 is 0 Å². The summed E-state index contributed by atoms with van der Waals surface area (Å²) in [4.78, 5) is 14.4. The lowest BCUT2D eigenvalue weighted by molar-refractivity contribution is -0.132. The highest BCUT2D eigenvalue weighted by Crippen LogP contribution is 2.46. The van der Waals surface area contributed by atoms with Crippen LogP contribution in [0, 0.1) is 5.92 Å². The smallest absolute Gasteiger partial charge is 0.225 e. The maximum absolute atomic E-state index is 12.2. The molecule has 1 aromatic rings. The van der Waals surface area contributed by atoms with Crippen molar-refractivity contribution in [2.24, 2.45) is 5.92 Å². The van der Waals surface area contributed by atoms with Crippen molar-refractivity contribution in [1.29, 1.82) is 0 Å². The van der Waals surface area contributed by atoms with Gasteiger partial charge >= 0.3 is 0 Å². The zero-order chi connectivity index (χ0) is 12.1. The van der Waals surface area contributed by atoms with Gasteiger partial charge in [0.25, 0.3) is 0 Å². The second-order valence-electron chi connectivity index (χ2n) is 6.11. The number of amides is 1. The van der Waals surface area contributed by atoms with Crippen molar-refractivity contribution in [1.82, 2.24) is 4.90 Å². The molecule has 2 heteroatoms. The number of benzene rings is 1. The van der Waals surface area contributed by atoms with Gasteiger partial charge in [0, 0.05) is 24.9 Å². The number of hydrogen-bond acceptors (Lipinski definition) is 1. The van der Waals surface area contributed by atoms with Crippen LogP contribution in [0.2, 0.25) is 0 Å². The van der Waals surface area contributed by atoms with E-state index in [-0.39, 0.29) is 0 Å². The fourth-order valence-corrected chi connectivity index (χ4v) is 3.76. The summed E-state index contributed by atoms with van der Waals surface area (Å²) >= 11 is 0. The molecule has 1 saturated carbocycles. The van der Waals surface area contributed by atoms with Gasteiger partial charge < -0.3 is 4.90 Å². The monoisotopic (exact) mass is 241 g/mol. The fraction of sp³-hybridized carbons (Fsp3) is 0.562. The molecule has 2 unspecified atom stereocenters. The van der Waals surface area contributed by atoms with Gasteiger partial charge in [0.1, 0.15) is 0 Å². The highest BCUT2D eigenvalue weighted by Gasteiger charge is 2.39. The van der Waals surface area contributed by atoms with E-state index in [0.29, 0.717) is 23.7 Å². The van der Waals surface area contributed by atoms with Crippen LogP contribution in [-0.2, 0) is 4.79 Å². The van der Waals surface area contributed by atoms with Gasteiger partial charge in [-0.1, -0.05) is 24.3 Å². The molecular weight excluding hydrogens is 222 g/mol. The van der Waals surface area contributed by atoms with E-state index in [1.807, 2.05) is 0 Å². The molecule has 18 heavy (non-hydrogen) atoms. The van der Waals surface area contributed by atoms with Crippen molar-refractivity contribution in [3.8, 4) is 0 Å². The minimum atomic E-state index is 0.372. The number of carbonyl (C=O) groups excluding carboxylic acids is 1. The third-order valence-corrected chi connectivity index (χ3v) is 4.87. The summed E-state index contributed by atoms with van der Waals surface area (Å²) < 4.78 is 0.